The maximum atomic E-state index is 12.1. The highest BCUT2D eigenvalue weighted by atomic mass is 16.4. The number of likely N-dealkylation sites (tertiary alicyclic amines) is 1. The number of oxime groups is 1. The molecule has 96 valence electrons. The maximum absolute atomic E-state index is 12.1. The van der Waals surface area contributed by atoms with Crippen molar-refractivity contribution in [1.29, 1.82) is 0 Å². The number of piperidine rings is 1. The van der Waals surface area contributed by atoms with Gasteiger partial charge in [0.2, 0.25) is 5.91 Å². The van der Waals surface area contributed by atoms with Crippen LogP contribution in [0.5, 0.6) is 0 Å². The Morgan fingerprint density at radius 3 is 2.61 bits per heavy atom. The average Bonchev–Trinajstić information content (AvgIpc) is 2.41. The molecule has 18 heavy (non-hydrogen) atoms. The van der Waals surface area contributed by atoms with Gasteiger partial charge in [0.25, 0.3) is 0 Å². The van der Waals surface area contributed by atoms with Crippen LogP contribution < -0.4 is 0 Å². The van der Waals surface area contributed by atoms with Gasteiger partial charge in [0.15, 0.2) is 0 Å². The minimum absolute atomic E-state index is 0.154. The third-order valence-electron chi connectivity index (χ3n) is 3.44. The van der Waals surface area contributed by atoms with Crippen molar-refractivity contribution in [2.24, 2.45) is 5.16 Å². The summed E-state index contributed by atoms with van der Waals surface area (Å²) in [5.74, 6) is 0.154. The van der Waals surface area contributed by atoms with Gasteiger partial charge < -0.3 is 10.1 Å². The molecule has 1 saturated heterocycles. The first-order valence-corrected chi connectivity index (χ1v) is 6.23. The zero-order valence-corrected chi connectivity index (χ0v) is 10.6. The summed E-state index contributed by atoms with van der Waals surface area (Å²) in [5.41, 5.74) is 3.03. The van der Waals surface area contributed by atoms with Crippen LogP contribution >= 0.6 is 0 Å². The smallest absolute Gasteiger partial charge is 0.227 e. The topological polar surface area (TPSA) is 52.9 Å². The van der Waals surface area contributed by atoms with Crippen molar-refractivity contribution in [2.45, 2.75) is 26.2 Å². The first-order chi connectivity index (χ1) is 8.70. The van der Waals surface area contributed by atoms with Crippen molar-refractivity contribution >= 4 is 11.6 Å². The Morgan fingerprint density at radius 2 is 2.00 bits per heavy atom. The van der Waals surface area contributed by atoms with Crippen LogP contribution in [0.3, 0.4) is 0 Å². The number of hydrogen-bond donors (Lipinski definition) is 1. The minimum atomic E-state index is 0.154. The number of carbonyl (C=O) groups excluding carboxylic acids is 1. The molecule has 0 spiro atoms. The van der Waals surface area contributed by atoms with E-state index >= 15 is 0 Å². The molecule has 0 unspecified atom stereocenters. The highest BCUT2D eigenvalue weighted by Crippen LogP contribution is 2.12. The van der Waals surface area contributed by atoms with Crippen molar-refractivity contribution in [3.8, 4) is 0 Å². The van der Waals surface area contributed by atoms with Gasteiger partial charge in [0.1, 0.15) is 0 Å². The lowest BCUT2D eigenvalue weighted by Gasteiger charge is -2.27. The van der Waals surface area contributed by atoms with Gasteiger partial charge in [-0.1, -0.05) is 29.4 Å². The summed E-state index contributed by atoms with van der Waals surface area (Å²) >= 11 is 0. The number of rotatable bonds is 2. The van der Waals surface area contributed by atoms with Gasteiger partial charge >= 0.3 is 0 Å². The van der Waals surface area contributed by atoms with E-state index in [0.29, 0.717) is 32.4 Å². The number of hydrogen-bond acceptors (Lipinski definition) is 3. The van der Waals surface area contributed by atoms with Gasteiger partial charge in [-0.05, 0) is 18.1 Å². The minimum Gasteiger partial charge on any atom is -0.411 e. The van der Waals surface area contributed by atoms with Crippen LogP contribution in [-0.2, 0) is 11.2 Å². The van der Waals surface area contributed by atoms with Gasteiger partial charge in [0, 0.05) is 25.9 Å². The molecular weight excluding hydrogens is 228 g/mol. The summed E-state index contributed by atoms with van der Waals surface area (Å²) in [6.45, 7) is 3.34. The monoisotopic (exact) mass is 246 g/mol. The molecule has 0 saturated carbocycles. The molecule has 2 rings (SSSR count). The molecule has 0 bridgehead atoms. The predicted octanol–water partition coefficient (Wildman–Crippen LogP) is 1.99. The van der Waals surface area contributed by atoms with Crippen LogP contribution in [0.1, 0.15) is 24.0 Å². The number of nitrogens with zero attached hydrogens (tertiary/aromatic N) is 2. The molecule has 1 aliphatic rings. The van der Waals surface area contributed by atoms with Crippen LogP contribution in [0.2, 0.25) is 0 Å². The Morgan fingerprint density at radius 1 is 1.33 bits per heavy atom. The molecule has 4 nitrogen and oxygen atoms in total. The average molecular weight is 246 g/mol. The van der Waals surface area contributed by atoms with E-state index in [1.165, 1.54) is 0 Å². The van der Waals surface area contributed by atoms with E-state index < -0.39 is 0 Å². The van der Waals surface area contributed by atoms with E-state index in [1.54, 1.807) is 0 Å². The highest BCUT2D eigenvalue weighted by molar-refractivity contribution is 5.87. The first kappa shape index (κ1) is 12.6. The largest absolute Gasteiger partial charge is 0.411 e. The Bertz CT molecular complexity index is 459. The summed E-state index contributed by atoms with van der Waals surface area (Å²) in [4.78, 5) is 14.0. The predicted molar refractivity (Wildman–Crippen MR) is 69.9 cm³/mol. The molecule has 1 aromatic carbocycles. The molecule has 1 amide bonds. The molecule has 1 fully saturated rings. The van der Waals surface area contributed by atoms with Gasteiger partial charge in [-0.2, -0.15) is 0 Å². The summed E-state index contributed by atoms with van der Waals surface area (Å²) in [6.07, 6.45) is 1.81. The van der Waals surface area contributed by atoms with Gasteiger partial charge in [-0.25, -0.2) is 0 Å². The van der Waals surface area contributed by atoms with Crippen LogP contribution in [0.4, 0.5) is 0 Å². The summed E-state index contributed by atoms with van der Waals surface area (Å²) in [6, 6.07) is 7.96. The molecular formula is C14H18N2O2. The van der Waals surface area contributed by atoms with Gasteiger partial charge in [0.05, 0.1) is 12.1 Å². The first-order valence-electron chi connectivity index (χ1n) is 6.23. The van der Waals surface area contributed by atoms with Crippen molar-refractivity contribution in [3.63, 3.8) is 0 Å². The quantitative estimate of drug-likeness (QED) is 0.641. The molecule has 0 radical (unpaired) electrons. The van der Waals surface area contributed by atoms with E-state index in [4.69, 9.17) is 5.21 Å². The van der Waals surface area contributed by atoms with Gasteiger partial charge in [-0.3, -0.25) is 4.79 Å². The zero-order chi connectivity index (χ0) is 13.0. The third kappa shape index (κ3) is 2.88. The van der Waals surface area contributed by atoms with Crippen LogP contribution in [0.25, 0.3) is 0 Å². The fraction of sp³-hybridized carbons (Fsp3) is 0.429. The van der Waals surface area contributed by atoms with Crippen LogP contribution in [0.15, 0.2) is 29.4 Å². The molecule has 1 aromatic rings. The number of amides is 1. The van der Waals surface area contributed by atoms with E-state index in [1.807, 2.05) is 36.1 Å². The van der Waals surface area contributed by atoms with Crippen molar-refractivity contribution in [2.75, 3.05) is 13.1 Å². The normalized spacial score (nSPS) is 15.6. The highest BCUT2D eigenvalue weighted by Gasteiger charge is 2.20. The second-order valence-corrected chi connectivity index (χ2v) is 4.65. The summed E-state index contributed by atoms with van der Waals surface area (Å²) in [7, 11) is 0. The zero-order valence-electron chi connectivity index (χ0n) is 10.6. The standard InChI is InChI=1S/C14H18N2O2/c1-11-4-2-3-5-12(11)10-14(17)16-8-6-13(15-18)7-9-16/h2-5,18H,6-10H2,1H3. The third-order valence-corrected chi connectivity index (χ3v) is 3.44. The lowest BCUT2D eigenvalue weighted by atomic mass is 10.0. The number of aryl methyl sites for hydroxylation is 1. The number of benzene rings is 1. The molecule has 1 aliphatic heterocycles. The SMILES string of the molecule is Cc1ccccc1CC(=O)N1CCC(=NO)CC1. The van der Waals surface area contributed by atoms with Crippen molar-refractivity contribution in [3.05, 3.63) is 35.4 Å². The second kappa shape index (κ2) is 5.67. The maximum Gasteiger partial charge on any atom is 0.227 e. The molecule has 1 N–H and O–H groups in total. The summed E-state index contributed by atoms with van der Waals surface area (Å²) < 4.78 is 0. The lowest BCUT2D eigenvalue weighted by molar-refractivity contribution is -0.130. The van der Waals surface area contributed by atoms with E-state index in [-0.39, 0.29) is 5.91 Å². The van der Waals surface area contributed by atoms with Crippen molar-refractivity contribution < 1.29 is 10.0 Å². The fourth-order valence-electron chi connectivity index (χ4n) is 2.20. The van der Waals surface area contributed by atoms with Gasteiger partial charge in [-0.15, -0.1) is 0 Å². The van der Waals surface area contributed by atoms with E-state index in [0.717, 1.165) is 16.8 Å². The summed E-state index contributed by atoms with van der Waals surface area (Å²) in [5, 5.41) is 11.9. The Kier molecular flexibility index (Phi) is 3.97. The molecule has 4 heteroatoms. The Hall–Kier alpha value is -1.84. The lowest BCUT2D eigenvalue weighted by Crippen LogP contribution is -2.39. The van der Waals surface area contributed by atoms with Crippen LogP contribution in [-0.4, -0.2) is 34.8 Å². The van der Waals surface area contributed by atoms with Crippen molar-refractivity contribution in [1.82, 2.24) is 4.90 Å². The second-order valence-electron chi connectivity index (χ2n) is 4.65. The van der Waals surface area contributed by atoms with E-state index in [2.05, 4.69) is 5.16 Å². The van der Waals surface area contributed by atoms with Crippen LogP contribution in [0, 0.1) is 6.92 Å². The Balaban J connectivity index is 1.95. The number of carbonyl (C=O) groups is 1. The molecule has 0 aromatic heterocycles. The molecule has 1 heterocycles. The fourth-order valence-corrected chi connectivity index (χ4v) is 2.20. The molecule has 0 aliphatic carbocycles. The molecule has 0 atom stereocenters. The Labute approximate surface area is 107 Å². The van der Waals surface area contributed by atoms with E-state index in [9.17, 15) is 4.79 Å².